The molecule has 0 saturated carbocycles. The summed E-state index contributed by atoms with van der Waals surface area (Å²) in [6.45, 7) is 3.41. The zero-order chi connectivity index (χ0) is 28.6. The predicted molar refractivity (Wildman–Crippen MR) is 152 cm³/mol. The van der Waals surface area contributed by atoms with Crippen molar-refractivity contribution in [2.75, 3.05) is 17.4 Å². The third-order valence-electron chi connectivity index (χ3n) is 5.99. The molecule has 2 amide bonds. The Morgan fingerprint density at radius 1 is 0.974 bits per heavy atom. The van der Waals surface area contributed by atoms with Gasteiger partial charge in [-0.25, -0.2) is 12.8 Å². The zero-order valence-corrected chi connectivity index (χ0v) is 23.9. The van der Waals surface area contributed by atoms with Gasteiger partial charge >= 0.3 is 0 Å². The Bertz CT molecular complexity index is 1390. The van der Waals surface area contributed by atoms with Gasteiger partial charge in [-0.2, -0.15) is 0 Å². The molecule has 7 nitrogen and oxygen atoms in total. The summed E-state index contributed by atoms with van der Waals surface area (Å²) in [6.07, 6.45) is 0.974. The fraction of sp³-hybridized carbons (Fsp3) is 0.286. The minimum atomic E-state index is -4.26. The van der Waals surface area contributed by atoms with E-state index < -0.39 is 34.3 Å². The molecule has 0 bridgehead atoms. The molecular weight excluding hydrogens is 564 g/mol. The van der Waals surface area contributed by atoms with E-state index in [1.165, 1.54) is 59.5 Å². The Kier molecular flexibility index (Phi) is 10.7. The Morgan fingerprint density at radius 2 is 1.64 bits per heavy atom. The van der Waals surface area contributed by atoms with Crippen LogP contribution in [0.25, 0.3) is 0 Å². The zero-order valence-electron chi connectivity index (χ0n) is 21.6. The van der Waals surface area contributed by atoms with Gasteiger partial charge in [-0.15, -0.1) is 0 Å². The highest BCUT2D eigenvalue weighted by Crippen LogP contribution is 2.33. The molecule has 3 rings (SSSR count). The molecule has 0 aromatic heterocycles. The average Bonchev–Trinajstić information content (AvgIpc) is 2.92. The van der Waals surface area contributed by atoms with Crippen LogP contribution in [0, 0.1) is 5.82 Å². The Morgan fingerprint density at radius 3 is 2.23 bits per heavy atom. The topological polar surface area (TPSA) is 86.8 Å². The molecule has 0 aliphatic carbocycles. The van der Waals surface area contributed by atoms with Gasteiger partial charge in [0, 0.05) is 18.1 Å². The van der Waals surface area contributed by atoms with Crippen LogP contribution in [0.4, 0.5) is 10.1 Å². The lowest BCUT2D eigenvalue weighted by molar-refractivity contribution is -0.140. The minimum Gasteiger partial charge on any atom is -0.354 e. The van der Waals surface area contributed by atoms with E-state index >= 15 is 0 Å². The van der Waals surface area contributed by atoms with E-state index in [0.29, 0.717) is 23.6 Å². The van der Waals surface area contributed by atoms with E-state index in [9.17, 15) is 22.4 Å². The third kappa shape index (κ3) is 7.71. The molecule has 11 heteroatoms. The lowest BCUT2D eigenvalue weighted by Crippen LogP contribution is -2.52. The normalized spacial score (nSPS) is 12.0. The molecule has 208 valence electrons. The molecule has 0 unspecified atom stereocenters. The molecule has 0 aliphatic rings. The van der Waals surface area contributed by atoms with Crippen LogP contribution >= 0.6 is 23.2 Å². The van der Waals surface area contributed by atoms with Crippen molar-refractivity contribution in [2.45, 2.75) is 44.2 Å². The number of carbonyl (C=O) groups excluding carboxylic acids is 2. The Balaban J connectivity index is 2.07. The third-order valence-corrected chi connectivity index (χ3v) is 8.30. The quantitative estimate of drug-likeness (QED) is 0.293. The van der Waals surface area contributed by atoms with Crippen LogP contribution in [0.3, 0.4) is 0 Å². The first kappa shape index (κ1) is 30.4. The summed E-state index contributed by atoms with van der Waals surface area (Å²) in [5, 5.41) is 3.14. The molecule has 0 fully saturated rings. The van der Waals surface area contributed by atoms with E-state index in [1.807, 2.05) is 6.92 Å². The van der Waals surface area contributed by atoms with Gasteiger partial charge in [-0.05, 0) is 60.9 Å². The molecule has 1 atom stereocenters. The molecule has 3 aromatic carbocycles. The molecule has 0 aliphatic heterocycles. The number of hydrogen-bond donors (Lipinski definition) is 1. The molecule has 3 aromatic rings. The minimum absolute atomic E-state index is 0.0348. The molecule has 0 radical (unpaired) electrons. The fourth-order valence-electron chi connectivity index (χ4n) is 3.99. The molecule has 0 spiro atoms. The molecular formula is C28H30Cl2FN3O4S. The largest absolute Gasteiger partial charge is 0.354 e. The van der Waals surface area contributed by atoms with Crippen LogP contribution < -0.4 is 9.62 Å². The number of nitrogens with one attached hydrogen (secondary N) is 1. The summed E-state index contributed by atoms with van der Waals surface area (Å²) >= 11 is 12.5. The summed E-state index contributed by atoms with van der Waals surface area (Å²) in [5.74, 6) is -1.44. The van der Waals surface area contributed by atoms with E-state index in [-0.39, 0.29) is 34.5 Å². The number of rotatable bonds is 12. The number of benzene rings is 3. The lowest BCUT2D eigenvalue weighted by atomic mass is 10.1. The lowest BCUT2D eigenvalue weighted by Gasteiger charge is -2.33. The maximum atomic E-state index is 13.9. The molecule has 0 heterocycles. The fourth-order valence-corrected chi connectivity index (χ4v) is 6.00. The van der Waals surface area contributed by atoms with Crippen LogP contribution in [0.2, 0.25) is 10.0 Å². The van der Waals surface area contributed by atoms with E-state index in [2.05, 4.69) is 5.32 Å². The first-order valence-corrected chi connectivity index (χ1v) is 14.6. The highest BCUT2D eigenvalue weighted by Gasteiger charge is 2.34. The van der Waals surface area contributed by atoms with E-state index in [1.54, 1.807) is 25.1 Å². The van der Waals surface area contributed by atoms with Crippen LogP contribution in [-0.4, -0.2) is 44.3 Å². The SMILES string of the molecule is CCCNC(=O)[C@@H](CC)N(Cc1ccc(F)cc1)C(=O)CN(c1ccc(Cl)cc1Cl)S(=O)(=O)c1ccccc1. The summed E-state index contributed by atoms with van der Waals surface area (Å²) < 4.78 is 42.0. The van der Waals surface area contributed by atoms with Crippen molar-refractivity contribution in [1.82, 2.24) is 10.2 Å². The van der Waals surface area contributed by atoms with Crippen LogP contribution in [0.1, 0.15) is 32.3 Å². The van der Waals surface area contributed by atoms with Gasteiger partial charge in [0.25, 0.3) is 10.0 Å². The first-order chi connectivity index (χ1) is 18.6. The molecule has 0 saturated heterocycles. The van der Waals surface area contributed by atoms with Crippen molar-refractivity contribution in [3.05, 3.63) is 94.2 Å². The monoisotopic (exact) mass is 593 g/mol. The highest BCUT2D eigenvalue weighted by atomic mass is 35.5. The van der Waals surface area contributed by atoms with Gasteiger partial charge in [0.15, 0.2) is 0 Å². The standard InChI is InChI=1S/C28H30Cl2FN3O4S/c1-3-16-32-28(36)25(4-2)33(18-20-10-13-22(31)14-11-20)27(35)19-34(26-15-12-21(29)17-24(26)30)39(37,38)23-8-6-5-7-9-23/h5-15,17,25H,3-4,16,18-19H2,1-2H3,(H,32,36)/t25-/m1/s1. The van der Waals surface area contributed by atoms with Crippen LogP contribution in [0.15, 0.2) is 77.7 Å². The Hall–Kier alpha value is -3.14. The van der Waals surface area contributed by atoms with Crippen molar-refractivity contribution >= 4 is 50.7 Å². The van der Waals surface area contributed by atoms with Gasteiger partial charge in [-0.3, -0.25) is 13.9 Å². The Labute approximate surface area is 238 Å². The van der Waals surface area contributed by atoms with Crippen LogP contribution in [0.5, 0.6) is 0 Å². The van der Waals surface area contributed by atoms with Crippen molar-refractivity contribution in [2.24, 2.45) is 0 Å². The van der Waals surface area contributed by atoms with Crippen LogP contribution in [-0.2, 0) is 26.2 Å². The van der Waals surface area contributed by atoms with Gasteiger partial charge in [0.05, 0.1) is 15.6 Å². The second kappa shape index (κ2) is 13.8. The summed E-state index contributed by atoms with van der Waals surface area (Å²) in [5.41, 5.74) is 0.636. The van der Waals surface area contributed by atoms with E-state index in [4.69, 9.17) is 23.2 Å². The number of carbonyl (C=O) groups is 2. The highest BCUT2D eigenvalue weighted by molar-refractivity contribution is 7.92. The number of amides is 2. The summed E-state index contributed by atoms with van der Waals surface area (Å²) in [7, 11) is -4.26. The van der Waals surface area contributed by atoms with E-state index in [0.717, 1.165) is 4.31 Å². The number of nitrogens with zero attached hydrogens (tertiary/aromatic N) is 2. The van der Waals surface area contributed by atoms with Crippen molar-refractivity contribution < 1.29 is 22.4 Å². The van der Waals surface area contributed by atoms with Crippen molar-refractivity contribution in [3.63, 3.8) is 0 Å². The summed E-state index contributed by atoms with van der Waals surface area (Å²) in [4.78, 5) is 28.3. The molecule has 1 N–H and O–H groups in total. The van der Waals surface area contributed by atoms with Gasteiger partial charge < -0.3 is 10.2 Å². The second-order valence-corrected chi connectivity index (χ2v) is 11.5. The smallest absolute Gasteiger partial charge is 0.264 e. The van der Waals surface area contributed by atoms with Gasteiger partial charge in [0.2, 0.25) is 11.8 Å². The number of anilines is 1. The maximum Gasteiger partial charge on any atom is 0.264 e. The first-order valence-electron chi connectivity index (χ1n) is 12.4. The van der Waals surface area contributed by atoms with Crippen molar-refractivity contribution in [3.8, 4) is 0 Å². The van der Waals surface area contributed by atoms with Gasteiger partial charge in [0.1, 0.15) is 18.4 Å². The summed E-state index contributed by atoms with van der Waals surface area (Å²) in [6, 6.07) is 16.6. The predicted octanol–water partition coefficient (Wildman–Crippen LogP) is 5.66. The second-order valence-electron chi connectivity index (χ2n) is 8.78. The number of sulfonamides is 1. The number of hydrogen-bond acceptors (Lipinski definition) is 4. The maximum absolute atomic E-state index is 13.9. The molecule has 39 heavy (non-hydrogen) atoms. The van der Waals surface area contributed by atoms with Crippen molar-refractivity contribution in [1.29, 1.82) is 0 Å². The van der Waals surface area contributed by atoms with Gasteiger partial charge in [-0.1, -0.05) is 67.4 Å². The average molecular weight is 595 g/mol. The number of halogens is 3.